The van der Waals surface area contributed by atoms with Gasteiger partial charge in [-0.2, -0.15) is 5.26 Å². The highest BCUT2D eigenvalue weighted by molar-refractivity contribution is 6.10. The van der Waals surface area contributed by atoms with Crippen molar-refractivity contribution in [3.05, 3.63) is 46.8 Å². The SMILES string of the molecule is Cc1ccc(NC(=O)c2c(NC(=O)CN3CCOCC3)c(C#N)c3n2CCC3)cc1. The van der Waals surface area contributed by atoms with Gasteiger partial charge in [0.25, 0.3) is 5.91 Å². The van der Waals surface area contributed by atoms with Gasteiger partial charge in [0.2, 0.25) is 5.91 Å². The number of hydrogen-bond acceptors (Lipinski definition) is 5. The van der Waals surface area contributed by atoms with E-state index in [2.05, 4.69) is 16.7 Å². The Bertz CT molecular complexity index is 997. The molecule has 8 heteroatoms. The molecule has 0 radical (unpaired) electrons. The van der Waals surface area contributed by atoms with Gasteiger partial charge < -0.3 is 19.9 Å². The zero-order valence-electron chi connectivity index (χ0n) is 17.0. The van der Waals surface area contributed by atoms with Crippen LogP contribution < -0.4 is 10.6 Å². The fourth-order valence-corrected chi connectivity index (χ4v) is 4.03. The van der Waals surface area contributed by atoms with Crippen molar-refractivity contribution in [3.8, 4) is 6.07 Å². The van der Waals surface area contributed by atoms with E-state index in [1.165, 1.54) is 0 Å². The summed E-state index contributed by atoms with van der Waals surface area (Å²) in [6.45, 7) is 5.40. The van der Waals surface area contributed by atoms with Crippen LogP contribution in [0.3, 0.4) is 0 Å². The Morgan fingerprint density at radius 2 is 1.87 bits per heavy atom. The van der Waals surface area contributed by atoms with E-state index >= 15 is 0 Å². The van der Waals surface area contributed by atoms with Gasteiger partial charge in [0.1, 0.15) is 11.8 Å². The average molecular weight is 407 g/mol. The Morgan fingerprint density at radius 1 is 1.13 bits per heavy atom. The van der Waals surface area contributed by atoms with Crippen molar-refractivity contribution >= 4 is 23.2 Å². The van der Waals surface area contributed by atoms with Gasteiger partial charge in [0.05, 0.1) is 31.0 Å². The highest BCUT2D eigenvalue weighted by atomic mass is 16.5. The summed E-state index contributed by atoms with van der Waals surface area (Å²) >= 11 is 0. The largest absolute Gasteiger partial charge is 0.379 e. The molecule has 0 aliphatic carbocycles. The van der Waals surface area contributed by atoms with Crippen molar-refractivity contribution < 1.29 is 14.3 Å². The van der Waals surface area contributed by atoms with Crippen molar-refractivity contribution in [2.45, 2.75) is 26.3 Å². The molecule has 2 N–H and O–H groups in total. The Hall–Kier alpha value is -3.15. The third-order valence-electron chi connectivity index (χ3n) is 5.54. The van der Waals surface area contributed by atoms with Gasteiger partial charge in [-0.3, -0.25) is 14.5 Å². The Labute approximate surface area is 175 Å². The van der Waals surface area contributed by atoms with Gasteiger partial charge in [0, 0.05) is 31.0 Å². The van der Waals surface area contributed by atoms with Crippen molar-refractivity contribution in [1.29, 1.82) is 5.26 Å². The Morgan fingerprint density at radius 3 is 2.57 bits per heavy atom. The molecule has 0 atom stereocenters. The minimum absolute atomic E-state index is 0.202. The second-order valence-electron chi connectivity index (χ2n) is 7.67. The van der Waals surface area contributed by atoms with Gasteiger partial charge in [-0.15, -0.1) is 0 Å². The predicted molar refractivity (Wildman–Crippen MR) is 112 cm³/mol. The number of ether oxygens (including phenoxy) is 1. The summed E-state index contributed by atoms with van der Waals surface area (Å²) in [7, 11) is 0. The summed E-state index contributed by atoms with van der Waals surface area (Å²) < 4.78 is 7.19. The lowest BCUT2D eigenvalue weighted by molar-refractivity contribution is -0.118. The van der Waals surface area contributed by atoms with Crippen LogP contribution in [0, 0.1) is 18.3 Å². The molecule has 4 rings (SSSR count). The lowest BCUT2D eigenvalue weighted by atomic mass is 10.1. The van der Waals surface area contributed by atoms with Crippen LogP contribution in [-0.2, 0) is 22.5 Å². The monoisotopic (exact) mass is 407 g/mol. The molecule has 1 aromatic carbocycles. The molecule has 30 heavy (non-hydrogen) atoms. The number of carbonyl (C=O) groups is 2. The van der Waals surface area contributed by atoms with Crippen LogP contribution in [-0.4, -0.2) is 54.1 Å². The fraction of sp³-hybridized carbons (Fsp3) is 0.409. The van der Waals surface area contributed by atoms with E-state index in [4.69, 9.17) is 4.74 Å². The third kappa shape index (κ3) is 4.08. The number of aromatic nitrogens is 1. The molecule has 3 heterocycles. The summed E-state index contributed by atoms with van der Waals surface area (Å²) in [5.74, 6) is -0.563. The van der Waals surface area contributed by atoms with Crippen LogP contribution in [0.5, 0.6) is 0 Å². The van der Waals surface area contributed by atoms with E-state index in [1.54, 1.807) is 0 Å². The number of fused-ring (bicyclic) bond motifs is 1. The number of anilines is 2. The zero-order valence-corrected chi connectivity index (χ0v) is 17.0. The van der Waals surface area contributed by atoms with E-state index in [0.29, 0.717) is 61.9 Å². The molecule has 2 aliphatic rings. The molecular formula is C22H25N5O3. The lowest BCUT2D eigenvalue weighted by Gasteiger charge is -2.25. The second-order valence-corrected chi connectivity index (χ2v) is 7.67. The average Bonchev–Trinajstić information content (AvgIpc) is 3.30. The summed E-state index contributed by atoms with van der Waals surface area (Å²) in [5, 5.41) is 15.5. The number of amides is 2. The lowest BCUT2D eigenvalue weighted by Crippen LogP contribution is -2.41. The number of aryl methyl sites for hydroxylation is 1. The molecule has 1 aromatic heterocycles. The van der Waals surface area contributed by atoms with E-state index in [-0.39, 0.29) is 18.4 Å². The summed E-state index contributed by atoms with van der Waals surface area (Å²) in [5.41, 5.74) is 3.62. The molecule has 2 aromatic rings. The molecule has 2 aliphatic heterocycles. The molecule has 2 amide bonds. The molecule has 156 valence electrons. The quantitative estimate of drug-likeness (QED) is 0.791. The van der Waals surface area contributed by atoms with Crippen LogP contribution >= 0.6 is 0 Å². The highest BCUT2D eigenvalue weighted by Gasteiger charge is 2.31. The van der Waals surface area contributed by atoms with E-state index in [1.807, 2.05) is 40.7 Å². The maximum atomic E-state index is 13.2. The topological polar surface area (TPSA) is 99.4 Å². The van der Waals surface area contributed by atoms with Crippen LogP contribution in [0.15, 0.2) is 24.3 Å². The molecule has 1 saturated heterocycles. The van der Waals surface area contributed by atoms with Gasteiger partial charge in [0.15, 0.2) is 0 Å². The van der Waals surface area contributed by atoms with E-state index < -0.39 is 0 Å². The van der Waals surface area contributed by atoms with Crippen LogP contribution in [0.1, 0.15) is 33.7 Å². The fourth-order valence-electron chi connectivity index (χ4n) is 4.03. The molecule has 0 unspecified atom stereocenters. The summed E-state index contributed by atoms with van der Waals surface area (Å²) in [4.78, 5) is 27.9. The number of rotatable bonds is 5. The summed E-state index contributed by atoms with van der Waals surface area (Å²) in [6, 6.07) is 9.72. The molecule has 0 spiro atoms. The molecule has 8 nitrogen and oxygen atoms in total. The van der Waals surface area contributed by atoms with Crippen LogP contribution in [0.2, 0.25) is 0 Å². The first-order chi connectivity index (χ1) is 14.6. The minimum atomic E-state index is -0.329. The maximum absolute atomic E-state index is 13.2. The number of nitriles is 1. The van der Waals surface area contributed by atoms with E-state index in [9.17, 15) is 14.9 Å². The van der Waals surface area contributed by atoms with Gasteiger partial charge >= 0.3 is 0 Å². The predicted octanol–water partition coefficient (Wildman–Crippen LogP) is 2.14. The molecule has 1 fully saturated rings. The number of nitrogens with zero attached hydrogens (tertiary/aromatic N) is 3. The normalized spacial score (nSPS) is 16.0. The van der Waals surface area contributed by atoms with Crippen molar-refractivity contribution in [2.75, 3.05) is 43.5 Å². The summed E-state index contributed by atoms with van der Waals surface area (Å²) in [6.07, 6.45) is 1.59. The first-order valence-corrected chi connectivity index (χ1v) is 10.2. The number of hydrogen-bond donors (Lipinski definition) is 2. The zero-order chi connectivity index (χ0) is 21.1. The number of morpholine rings is 1. The highest BCUT2D eigenvalue weighted by Crippen LogP contribution is 2.33. The molecule has 0 bridgehead atoms. The van der Waals surface area contributed by atoms with Crippen LogP contribution in [0.4, 0.5) is 11.4 Å². The van der Waals surface area contributed by atoms with Crippen LogP contribution in [0.25, 0.3) is 0 Å². The number of nitrogens with one attached hydrogen (secondary N) is 2. The smallest absolute Gasteiger partial charge is 0.274 e. The third-order valence-corrected chi connectivity index (χ3v) is 5.54. The number of benzene rings is 1. The Balaban J connectivity index is 1.60. The first-order valence-electron chi connectivity index (χ1n) is 10.2. The molecular weight excluding hydrogens is 382 g/mol. The standard InChI is InChI=1S/C22H25N5O3/c1-15-4-6-16(7-5-15)24-22(29)21-20(17(13-23)18-3-2-8-27(18)21)25-19(28)14-26-9-11-30-12-10-26/h4-7H,2-3,8-12,14H2,1H3,(H,24,29)(H,25,28). The van der Waals surface area contributed by atoms with Gasteiger partial charge in [-0.1, -0.05) is 17.7 Å². The minimum Gasteiger partial charge on any atom is -0.379 e. The number of carbonyl (C=O) groups excluding carboxylic acids is 2. The van der Waals surface area contributed by atoms with Gasteiger partial charge in [-0.25, -0.2) is 0 Å². The maximum Gasteiger partial charge on any atom is 0.274 e. The van der Waals surface area contributed by atoms with Crippen molar-refractivity contribution in [1.82, 2.24) is 9.47 Å². The van der Waals surface area contributed by atoms with E-state index in [0.717, 1.165) is 17.7 Å². The van der Waals surface area contributed by atoms with Crippen molar-refractivity contribution in [2.24, 2.45) is 0 Å². The second kappa shape index (κ2) is 8.69. The first kappa shape index (κ1) is 20.1. The van der Waals surface area contributed by atoms with Gasteiger partial charge in [-0.05, 0) is 31.9 Å². The Kier molecular flexibility index (Phi) is 5.84. The van der Waals surface area contributed by atoms with Crippen molar-refractivity contribution in [3.63, 3.8) is 0 Å². The molecule has 0 saturated carbocycles.